The number of primary amides is 1. The quantitative estimate of drug-likeness (QED) is 0.851. The van der Waals surface area contributed by atoms with Crippen molar-refractivity contribution in [2.45, 2.75) is 31.7 Å². The highest BCUT2D eigenvalue weighted by molar-refractivity contribution is 5.93. The zero-order chi connectivity index (χ0) is 13.0. The number of benzene rings is 1. The normalized spacial score (nSPS) is 23.6. The third-order valence-corrected chi connectivity index (χ3v) is 3.50. The molecule has 1 aromatic carbocycles. The topological polar surface area (TPSA) is 78.3 Å². The van der Waals surface area contributed by atoms with Crippen LogP contribution in [0.1, 0.15) is 36.0 Å². The Bertz CT molecular complexity index is 412. The molecule has 2 rings (SSSR count). The minimum atomic E-state index is -0.427. The largest absolute Gasteiger partial charge is 0.493 e. The maximum absolute atomic E-state index is 11.0. The number of nitrogens with two attached hydrogens (primary N) is 2. The van der Waals surface area contributed by atoms with E-state index in [9.17, 15) is 4.79 Å². The molecule has 0 spiro atoms. The molecule has 1 amide bonds. The molecule has 98 valence electrons. The van der Waals surface area contributed by atoms with Crippen molar-refractivity contribution in [3.63, 3.8) is 0 Å². The Kier molecular flexibility index (Phi) is 4.20. The van der Waals surface area contributed by atoms with Crippen molar-refractivity contribution < 1.29 is 9.53 Å². The number of carbonyl (C=O) groups excluding carboxylic acids is 1. The van der Waals surface area contributed by atoms with E-state index in [2.05, 4.69) is 0 Å². The molecule has 0 saturated heterocycles. The van der Waals surface area contributed by atoms with E-state index >= 15 is 0 Å². The van der Waals surface area contributed by atoms with Crippen molar-refractivity contribution in [1.82, 2.24) is 0 Å². The molecule has 1 aromatic rings. The van der Waals surface area contributed by atoms with Gasteiger partial charge in [-0.3, -0.25) is 4.79 Å². The molecule has 1 aliphatic carbocycles. The van der Waals surface area contributed by atoms with E-state index in [-0.39, 0.29) is 0 Å². The molecule has 0 heterocycles. The maximum atomic E-state index is 11.0. The van der Waals surface area contributed by atoms with Crippen LogP contribution in [0.2, 0.25) is 0 Å². The van der Waals surface area contributed by atoms with Crippen molar-refractivity contribution in [3.8, 4) is 5.75 Å². The van der Waals surface area contributed by atoms with E-state index in [0.29, 0.717) is 29.9 Å². The van der Waals surface area contributed by atoms with Gasteiger partial charge in [-0.1, -0.05) is 6.07 Å². The predicted molar refractivity (Wildman–Crippen MR) is 70.4 cm³/mol. The third kappa shape index (κ3) is 3.47. The van der Waals surface area contributed by atoms with Crippen LogP contribution in [-0.4, -0.2) is 18.6 Å². The van der Waals surface area contributed by atoms with Crippen LogP contribution in [0.25, 0.3) is 0 Å². The van der Waals surface area contributed by atoms with Gasteiger partial charge >= 0.3 is 0 Å². The highest BCUT2D eigenvalue weighted by Gasteiger charge is 2.18. The Hall–Kier alpha value is -1.55. The fraction of sp³-hybridized carbons (Fsp3) is 0.500. The molecule has 18 heavy (non-hydrogen) atoms. The lowest BCUT2D eigenvalue weighted by Gasteiger charge is -2.25. The van der Waals surface area contributed by atoms with Gasteiger partial charge in [-0.25, -0.2) is 0 Å². The lowest BCUT2D eigenvalue weighted by atomic mass is 9.87. The molecule has 1 fully saturated rings. The summed E-state index contributed by atoms with van der Waals surface area (Å²) in [7, 11) is 0. The molecule has 4 nitrogen and oxygen atoms in total. The summed E-state index contributed by atoms with van der Waals surface area (Å²) in [6, 6.07) is 7.37. The smallest absolute Gasteiger partial charge is 0.248 e. The predicted octanol–water partition coefficient (Wildman–Crippen LogP) is 1.68. The summed E-state index contributed by atoms with van der Waals surface area (Å²) in [4.78, 5) is 11.0. The van der Waals surface area contributed by atoms with E-state index in [4.69, 9.17) is 16.2 Å². The number of amides is 1. The van der Waals surface area contributed by atoms with Crippen molar-refractivity contribution in [1.29, 1.82) is 0 Å². The van der Waals surface area contributed by atoms with Gasteiger partial charge in [0.2, 0.25) is 5.91 Å². The molecule has 0 bridgehead atoms. The van der Waals surface area contributed by atoms with Gasteiger partial charge < -0.3 is 16.2 Å². The lowest BCUT2D eigenvalue weighted by Crippen LogP contribution is -2.28. The number of hydrogen-bond donors (Lipinski definition) is 2. The van der Waals surface area contributed by atoms with Crippen molar-refractivity contribution in [3.05, 3.63) is 29.8 Å². The van der Waals surface area contributed by atoms with Crippen LogP contribution in [0.15, 0.2) is 24.3 Å². The van der Waals surface area contributed by atoms with E-state index < -0.39 is 5.91 Å². The fourth-order valence-corrected chi connectivity index (χ4v) is 2.31. The van der Waals surface area contributed by atoms with Gasteiger partial charge in [0.15, 0.2) is 0 Å². The van der Waals surface area contributed by atoms with Crippen molar-refractivity contribution in [2.24, 2.45) is 17.4 Å². The summed E-state index contributed by atoms with van der Waals surface area (Å²) >= 11 is 0. The molecular weight excluding hydrogens is 228 g/mol. The average molecular weight is 248 g/mol. The first-order chi connectivity index (χ1) is 8.65. The van der Waals surface area contributed by atoms with Crippen LogP contribution in [0, 0.1) is 5.92 Å². The number of ether oxygens (including phenoxy) is 1. The molecule has 0 radical (unpaired) electrons. The summed E-state index contributed by atoms with van der Waals surface area (Å²) < 4.78 is 5.72. The standard InChI is InChI=1S/C14H20N2O2/c15-12-6-4-10(5-7-12)9-18-13-3-1-2-11(8-13)14(16)17/h1-3,8,10,12H,4-7,9,15H2,(H2,16,17)/t10-,12-. The van der Waals surface area contributed by atoms with Gasteiger partial charge in [0.25, 0.3) is 0 Å². The number of rotatable bonds is 4. The van der Waals surface area contributed by atoms with Crippen molar-refractivity contribution in [2.75, 3.05) is 6.61 Å². The minimum Gasteiger partial charge on any atom is -0.493 e. The van der Waals surface area contributed by atoms with E-state index in [1.165, 1.54) is 0 Å². The first kappa shape index (κ1) is 12.9. The summed E-state index contributed by atoms with van der Waals surface area (Å²) in [6.45, 7) is 0.689. The highest BCUT2D eigenvalue weighted by Crippen LogP contribution is 2.24. The zero-order valence-corrected chi connectivity index (χ0v) is 10.5. The molecule has 0 atom stereocenters. The molecular formula is C14H20N2O2. The van der Waals surface area contributed by atoms with Gasteiger partial charge in [-0.05, 0) is 49.8 Å². The summed E-state index contributed by atoms with van der Waals surface area (Å²) in [6.07, 6.45) is 4.40. The minimum absolute atomic E-state index is 0.361. The van der Waals surface area contributed by atoms with Crippen LogP contribution in [-0.2, 0) is 0 Å². The van der Waals surface area contributed by atoms with Gasteiger partial charge in [0, 0.05) is 11.6 Å². The van der Waals surface area contributed by atoms with E-state index in [1.807, 2.05) is 6.07 Å². The SMILES string of the molecule is NC(=O)c1cccc(OC[C@H]2CC[C@H](N)CC2)c1. The average Bonchev–Trinajstić information content (AvgIpc) is 2.38. The summed E-state index contributed by atoms with van der Waals surface area (Å²) in [5.41, 5.74) is 11.6. The van der Waals surface area contributed by atoms with Crippen LogP contribution < -0.4 is 16.2 Å². The van der Waals surface area contributed by atoms with Gasteiger partial charge in [0.05, 0.1) is 6.61 Å². The highest BCUT2D eigenvalue weighted by atomic mass is 16.5. The zero-order valence-electron chi connectivity index (χ0n) is 10.5. The Morgan fingerprint density at radius 3 is 2.67 bits per heavy atom. The van der Waals surface area contributed by atoms with Gasteiger partial charge in [-0.15, -0.1) is 0 Å². The molecule has 4 N–H and O–H groups in total. The monoisotopic (exact) mass is 248 g/mol. The molecule has 1 saturated carbocycles. The van der Waals surface area contributed by atoms with Gasteiger partial charge in [0.1, 0.15) is 5.75 Å². The molecule has 0 aliphatic heterocycles. The summed E-state index contributed by atoms with van der Waals surface area (Å²) in [5, 5.41) is 0. The van der Waals surface area contributed by atoms with Crippen LogP contribution in [0.3, 0.4) is 0 Å². The summed E-state index contributed by atoms with van der Waals surface area (Å²) in [5.74, 6) is 0.854. The van der Waals surface area contributed by atoms with Gasteiger partial charge in [-0.2, -0.15) is 0 Å². The molecule has 0 aromatic heterocycles. The second-order valence-corrected chi connectivity index (χ2v) is 4.98. The Morgan fingerprint density at radius 2 is 2.00 bits per heavy atom. The Labute approximate surface area is 107 Å². The third-order valence-electron chi connectivity index (χ3n) is 3.50. The Balaban J connectivity index is 1.86. The fourth-order valence-electron chi connectivity index (χ4n) is 2.31. The maximum Gasteiger partial charge on any atom is 0.248 e. The van der Waals surface area contributed by atoms with Crippen molar-refractivity contribution >= 4 is 5.91 Å². The number of carbonyl (C=O) groups is 1. The first-order valence-corrected chi connectivity index (χ1v) is 6.43. The van der Waals surface area contributed by atoms with Crippen LogP contribution in [0.4, 0.5) is 0 Å². The van der Waals surface area contributed by atoms with E-state index in [1.54, 1.807) is 18.2 Å². The number of hydrogen-bond acceptors (Lipinski definition) is 3. The molecule has 0 unspecified atom stereocenters. The van der Waals surface area contributed by atoms with Crippen LogP contribution >= 0.6 is 0 Å². The second-order valence-electron chi connectivity index (χ2n) is 4.98. The molecule has 1 aliphatic rings. The van der Waals surface area contributed by atoms with Crippen LogP contribution in [0.5, 0.6) is 5.75 Å². The first-order valence-electron chi connectivity index (χ1n) is 6.43. The molecule has 4 heteroatoms. The van der Waals surface area contributed by atoms with E-state index in [0.717, 1.165) is 25.7 Å². The second kappa shape index (κ2) is 5.87. The lowest BCUT2D eigenvalue weighted by molar-refractivity contribution is 0.0999. The Morgan fingerprint density at radius 1 is 1.28 bits per heavy atom.